The van der Waals surface area contributed by atoms with Crippen LogP contribution in [0.15, 0.2) is 12.2 Å². The molecule has 1 nitrogen and oxygen atoms in total. The molecule has 0 spiro atoms. The van der Waals surface area contributed by atoms with Crippen molar-refractivity contribution in [1.29, 1.82) is 0 Å². The third kappa shape index (κ3) is 1.58. The van der Waals surface area contributed by atoms with Gasteiger partial charge in [0.05, 0.1) is 13.1 Å². The van der Waals surface area contributed by atoms with Crippen molar-refractivity contribution in [3.63, 3.8) is 0 Å². The molecule has 2 N–H and O–H groups in total. The van der Waals surface area contributed by atoms with Gasteiger partial charge in [-0.05, 0) is 12.2 Å². The molecule has 1 aliphatic heterocycles. The van der Waals surface area contributed by atoms with Crippen LogP contribution in [-0.4, -0.2) is 13.1 Å². The molecule has 0 aromatic heterocycles. The summed E-state index contributed by atoms with van der Waals surface area (Å²) >= 11 is 0. The zero-order valence-electron chi connectivity index (χ0n) is 3.52. The van der Waals surface area contributed by atoms with Crippen LogP contribution >= 0.6 is 0 Å². The Labute approximate surface area is 48.2 Å². The molecule has 1 aliphatic rings. The average Bonchev–Trinajstić information content (AvgIpc) is 1.76. The Morgan fingerprint density at radius 2 is 1.67 bits per heavy atom. The second kappa shape index (κ2) is 3.37. The lowest BCUT2D eigenvalue weighted by Crippen LogP contribution is -3.00. The highest BCUT2D eigenvalue weighted by Crippen LogP contribution is 1.64. The van der Waals surface area contributed by atoms with E-state index in [1.807, 2.05) is 0 Å². The van der Waals surface area contributed by atoms with E-state index in [1.54, 1.807) is 0 Å². The van der Waals surface area contributed by atoms with Gasteiger partial charge in [-0.3, -0.25) is 0 Å². The number of halogens is 1. The van der Waals surface area contributed by atoms with Crippen molar-refractivity contribution in [3.8, 4) is 0 Å². The zero-order chi connectivity index (χ0) is 3.54. The van der Waals surface area contributed by atoms with Gasteiger partial charge >= 0.3 is 0 Å². The maximum absolute atomic E-state index is 2.25. The lowest BCUT2D eigenvalue weighted by atomic mass is 10.6. The van der Waals surface area contributed by atoms with Crippen LogP contribution in [0.1, 0.15) is 0 Å². The van der Waals surface area contributed by atoms with Gasteiger partial charge in [0.15, 0.2) is 0 Å². The summed E-state index contributed by atoms with van der Waals surface area (Å²) in [4.78, 5) is 0. The monoisotopic (exact) mass is 149 g/mol. The summed E-state index contributed by atoms with van der Waals surface area (Å²) in [5.74, 6) is 0. The standard InChI is InChI=1S/C4H7N.BrH/c1-2-4-5-3-1;/h1-2,5H,3-4H2;1H. The van der Waals surface area contributed by atoms with Crippen molar-refractivity contribution >= 4 is 0 Å². The molecular formula is C4H8BrN. The first-order valence-electron chi connectivity index (χ1n) is 1.97. The fraction of sp³-hybridized carbons (Fsp3) is 0.500. The highest BCUT2D eigenvalue weighted by atomic mass is 79.9. The smallest absolute Gasteiger partial charge is 0.0946 e. The first-order valence-corrected chi connectivity index (χ1v) is 1.97. The third-order valence-corrected chi connectivity index (χ3v) is 0.772. The van der Waals surface area contributed by atoms with Gasteiger partial charge in [0.25, 0.3) is 0 Å². The minimum Gasteiger partial charge on any atom is -1.00 e. The summed E-state index contributed by atoms with van der Waals surface area (Å²) in [7, 11) is 0. The maximum atomic E-state index is 2.25. The second-order valence-corrected chi connectivity index (χ2v) is 1.23. The van der Waals surface area contributed by atoms with Gasteiger partial charge in [-0.15, -0.1) is 0 Å². The molecule has 0 aromatic rings. The summed E-state index contributed by atoms with van der Waals surface area (Å²) in [6.07, 6.45) is 4.36. The van der Waals surface area contributed by atoms with E-state index in [-0.39, 0.29) is 17.0 Å². The van der Waals surface area contributed by atoms with E-state index in [4.69, 9.17) is 0 Å². The van der Waals surface area contributed by atoms with Gasteiger partial charge in [-0.25, -0.2) is 0 Å². The van der Waals surface area contributed by atoms with E-state index in [9.17, 15) is 0 Å². The summed E-state index contributed by atoms with van der Waals surface area (Å²) < 4.78 is 0. The molecule has 0 amide bonds. The molecular weight excluding hydrogens is 142 g/mol. The van der Waals surface area contributed by atoms with Crippen LogP contribution in [0, 0.1) is 0 Å². The molecule has 0 bridgehead atoms. The SMILES string of the molecule is C1=CC[NH2+]C1.[Br-]. The van der Waals surface area contributed by atoms with Gasteiger partial charge in [0.2, 0.25) is 0 Å². The van der Waals surface area contributed by atoms with E-state index >= 15 is 0 Å². The van der Waals surface area contributed by atoms with E-state index in [2.05, 4.69) is 17.5 Å². The number of quaternary nitrogens is 1. The number of nitrogens with two attached hydrogens (primary N) is 1. The molecule has 1 heterocycles. The molecule has 0 unspecified atom stereocenters. The zero-order valence-corrected chi connectivity index (χ0v) is 5.11. The van der Waals surface area contributed by atoms with Crippen molar-refractivity contribution in [2.75, 3.05) is 13.1 Å². The molecule has 0 saturated heterocycles. The quantitative estimate of drug-likeness (QED) is 0.340. The predicted molar refractivity (Wildman–Crippen MR) is 20.8 cm³/mol. The fourth-order valence-corrected chi connectivity index (χ4v) is 0.481. The Morgan fingerprint density at radius 1 is 1.17 bits per heavy atom. The second-order valence-electron chi connectivity index (χ2n) is 1.23. The van der Waals surface area contributed by atoms with Crippen LogP contribution in [0.5, 0.6) is 0 Å². The first-order chi connectivity index (χ1) is 2.50. The van der Waals surface area contributed by atoms with Crippen molar-refractivity contribution in [3.05, 3.63) is 12.2 Å². The van der Waals surface area contributed by atoms with Crippen LogP contribution in [0.2, 0.25) is 0 Å². The summed E-state index contributed by atoms with van der Waals surface area (Å²) in [5.41, 5.74) is 0. The van der Waals surface area contributed by atoms with Crippen LogP contribution in [-0.2, 0) is 0 Å². The Morgan fingerprint density at radius 3 is 1.83 bits per heavy atom. The van der Waals surface area contributed by atoms with Gasteiger partial charge in [0.1, 0.15) is 0 Å². The molecule has 0 aromatic carbocycles. The van der Waals surface area contributed by atoms with E-state index in [1.165, 1.54) is 13.1 Å². The largest absolute Gasteiger partial charge is 1.00 e. The highest BCUT2D eigenvalue weighted by molar-refractivity contribution is 4.83. The van der Waals surface area contributed by atoms with Gasteiger partial charge in [-0.1, -0.05) is 0 Å². The molecule has 2 heteroatoms. The lowest BCUT2D eigenvalue weighted by Gasteiger charge is -1.74. The molecule has 0 aliphatic carbocycles. The minimum atomic E-state index is 0. The Balaban J connectivity index is 0.000000250. The van der Waals surface area contributed by atoms with Crippen LogP contribution in [0.4, 0.5) is 0 Å². The predicted octanol–water partition coefficient (Wildman–Crippen LogP) is -3.88. The summed E-state index contributed by atoms with van der Waals surface area (Å²) in [5, 5.41) is 2.25. The molecule has 0 fully saturated rings. The minimum absolute atomic E-state index is 0. The van der Waals surface area contributed by atoms with Gasteiger partial charge in [-0.2, -0.15) is 0 Å². The number of hydrogen-bond acceptors (Lipinski definition) is 0. The average molecular weight is 150 g/mol. The van der Waals surface area contributed by atoms with Crippen molar-refractivity contribution in [1.82, 2.24) is 0 Å². The maximum Gasteiger partial charge on any atom is 0.0946 e. The Hall–Kier alpha value is 0.180. The Kier molecular flexibility index (Phi) is 3.47. The molecule has 0 saturated carbocycles. The van der Waals surface area contributed by atoms with Gasteiger partial charge < -0.3 is 22.3 Å². The topological polar surface area (TPSA) is 16.6 Å². The molecule has 6 heavy (non-hydrogen) atoms. The molecule has 1 rings (SSSR count). The van der Waals surface area contributed by atoms with Crippen LogP contribution in [0.3, 0.4) is 0 Å². The number of rotatable bonds is 0. The number of hydrogen-bond donors (Lipinski definition) is 1. The van der Waals surface area contributed by atoms with Crippen molar-refractivity contribution < 1.29 is 22.3 Å². The fourth-order valence-electron chi connectivity index (χ4n) is 0.481. The lowest BCUT2D eigenvalue weighted by molar-refractivity contribution is -0.629. The summed E-state index contributed by atoms with van der Waals surface area (Å²) in [6.45, 7) is 2.39. The van der Waals surface area contributed by atoms with Crippen LogP contribution < -0.4 is 22.3 Å². The van der Waals surface area contributed by atoms with Gasteiger partial charge in [0, 0.05) is 0 Å². The van der Waals surface area contributed by atoms with Crippen LogP contribution in [0.25, 0.3) is 0 Å². The van der Waals surface area contributed by atoms with E-state index < -0.39 is 0 Å². The third-order valence-electron chi connectivity index (χ3n) is 0.772. The van der Waals surface area contributed by atoms with E-state index in [0.717, 1.165) is 0 Å². The summed E-state index contributed by atoms with van der Waals surface area (Å²) in [6, 6.07) is 0. The molecule has 36 valence electrons. The first kappa shape index (κ1) is 6.18. The Bertz CT molecular complexity index is 45.5. The molecule has 0 radical (unpaired) electrons. The van der Waals surface area contributed by atoms with E-state index in [0.29, 0.717) is 0 Å². The molecule has 0 atom stereocenters. The normalized spacial score (nSPS) is 17.3. The van der Waals surface area contributed by atoms with Crippen molar-refractivity contribution in [2.45, 2.75) is 0 Å². The highest BCUT2D eigenvalue weighted by Gasteiger charge is 1.86. The van der Waals surface area contributed by atoms with Crippen molar-refractivity contribution in [2.24, 2.45) is 0 Å².